The minimum absolute atomic E-state index is 0.0924. The number of nitrogens with zero attached hydrogens (tertiary/aromatic N) is 1. The Morgan fingerprint density at radius 2 is 2.11 bits per heavy atom. The zero-order valence-corrected chi connectivity index (χ0v) is 15.2. The van der Waals surface area contributed by atoms with Crippen molar-refractivity contribution in [3.05, 3.63) is 28.8 Å². The smallest absolute Gasteiger partial charge is 0.331 e. The predicted molar refractivity (Wildman–Crippen MR) is 96.1 cm³/mol. The van der Waals surface area contributed by atoms with Crippen molar-refractivity contribution in [2.75, 3.05) is 19.9 Å². The normalized spacial score (nSPS) is 18.6. The molecule has 1 atom stereocenters. The lowest BCUT2D eigenvalue weighted by molar-refractivity contribution is -0.151. The maximum atomic E-state index is 12.2. The van der Waals surface area contributed by atoms with Gasteiger partial charge in [0.1, 0.15) is 6.04 Å². The van der Waals surface area contributed by atoms with Gasteiger partial charge in [0, 0.05) is 12.6 Å². The van der Waals surface area contributed by atoms with Crippen LogP contribution in [-0.2, 0) is 19.1 Å². The number of amides is 2. The number of nitrogens with two attached hydrogens (primary N) is 1. The van der Waals surface area contributed by atoms with E-state index in [0.717, 1.165) is 12.8 Å². The van der Waals surface area contributed by atoms with Gasteiger partial charge in [0.05, 0.1) is 5.02 Å². The van der Waals surface area contributed by atoms with Crippen LogP contribution in [0.15, 0.2) is 18.2 Å². The third-order valence-corrected chi connectivity index (χ3v) is 4.63. The monoisotopic (exact) mass is 394 g/mol. The van der Waals surface area contributed by atoms with Gasteiger partial charge in [0.15, 0.2) is 18.1 Å². The highest BCUT2D eigenvalue weighted by molar-refractivity contribution is 6.32. The maximum Gasteiger partial charge on any atom is 0.331 e. The van der Waals surface area contributed by atoms with Crippen LogP contribution in [0.1, 0.15) is 24.8 Å². The Balaban J connectivity index is 1.55. The third-order valence-electron chi connectivity index (χ3n) is 4.35. The standard InChI is InChI=1S/C18H19ClN2O6/c19-12-7-11(8-14-17(12)27-10-26-14)4-5-16(23)25-9-15(22)21-6-2-1-3-13(21)18(20)24/h4-5,7-8,13H,1-3,6,9-10H2,(H2,20,24)/b5-4+/t13-/m0/s1. The molecule has 0 aliphatic carbocycles. The number of primary amides is 1. The predicted octanol–water partition coefficient (Wildman–Crippen LogP) is 1.49. The van der Waals surface area contributed by atoms with Gasteiger partial charge < -0.3 is 24.8 Å². The van der Waals surface area contributed by atoms with Crippen molar-refractivity contribution in [1.29, 1.82) is 0 Å². The summed E-state index contributed by atoms with van der Waals surface area (Å²) in [5.74, 6) is -0.717. The summed E-state index contributed by atoms with van der Waals surface area (Å²) in [5, 5.41) is 0.371. The van der Waals surface area contributed by atoms with E-state index in [1.54, 1.807) is 12.1 Å². The molecule has 2 N–H and O–H groups in total. The van der Waals surface area contributed by atoms with Gasteiger partial charge in [-0.05, 0) is 43.0 Å². The molecule has 27 heavy (non-hydrogen) atoms. The molecule has 0 aromatic heterocycles. The highest BCUT2D eigenvalue weighted by Crippen LogP contribution is 2.40. The van der Waals surface area contributed by atoms with Crippen molar-refractivity contribution in [2.45, 2.75) is 25.3 Å². The SMILES string of the molecule is NC(=O)[C@@H]1CCCCN1C(=O)COC(=O)/C=C/c1cc(Cl)c2c(c1)OCO2. The number of fused-ring (bicyclic) bond motifs is 1. The zero-order chi connectivity index (χ0) is 19.4. The van der Waals surface area contributed by atoms with Gasteiger partial charge in [-0.2, -0.15) is 0 Å². The molecule has 1 saturated heterocycles. The molecule has 9 heteroatoms. The quantitative estimate of drug-likeness (QED) is 0.598. The molecule has 144 valence electrons. The number of carbonyl (C=O) groups is 3. The van der Waals surface area contributed by atoms with E-state index >= 15 is 0 Å². The lowest BCUT2D eigenvalue weighted by Crippen LogP contribution is -2.51. The molecule has 3 rings (SSSR count). The highest BCUT2D eigenvalue weighted by atomic mass is 35.5. The molecule has 2 heterocycles. The van der Waals surface area contributed by atoms with E-state index in [1.165, 1.54) is 17.1 Å². The number of carbonyl (C=O) groups excluding carboxylic acids is 3. The molecule has 1 aromatic rings. The second-order valence-corrected chi connectivity index (χ2v) is 6.59. The number of hydrogen-bond acceptors (Lipinski definition) is 6. The Morgan fingerprint density at radius 1 is 1.30 bits per heavy atom. The van der Waals surface area contributed by atoms with Crippen LogP contribution in [0.3, 0.4) is 0 Å². The minimum Gasteiger partial charge on any atom is -0.454 e. The minimum atomic E-state index is -0.690. The van der Waals surface area contributed by atoms with Crippen LogP contribution in [0, 0.1) is 0 Å². The van der Waals surface area contributed by atoms with Crippen LogP contribution >= 0.6 is 11.6 Å². The summed E-state index contributed by atoms with van der Waals surface area (Å²) in [5.41, 5.74) is 5.96. The van der Waals surface area contributed by atoms with E-state index in [0.29, 0.717) is 35.1 Å². The van der Waals surface area contributed by atoms with Crippen LogP contribution in [0.5, 0.6) is 11.5 Å². The number of rotatable bonds is 5. The van der Waals surface area contributed by atoms with E-state index in [9.17, 15) is 14.4 Å². The van der Waals surface area contributed by atoms with Gasteiger partial charge in [-0.1, -0.05) is 11.6 Å². The second kappa shape index (κ2) is 8.30. The Bertz CT molecular complexity index is 794. The van der Waals surface area contributed by atoms with Crippen LogP contribution in [0.25, 0.3) is 6.08 Å². The molecule has 1 aromatic carbocycles. The molecule has 2 aliphatic rings. The van der Waals surface area contributed by atoms with Crippen LogP contribution in [-0.4, -0.2) is 48.7 Å². The molecule has 8 nitrogen and oxygen atoms in total. The molecule has 0 radical (unpaired) electrons. The summed E-state index contributed by atoms with van der Waals surface area (Å²) in [7, 11) is 0. The average Bonchev–Trinajstić information content (AvgIpc) is 3.13. The van der Waals surface area contributed by atoms with E-state index in [-0.39, 0.29) is 6.79 Å². The van der Waals surface area contributed by atoms with E-state index in [2.05, 4.69) is 0 Å². The summed E-state index contributed by atoms with van der Waals surface area (Å²) < 4.78 is 15.4. The van der Waals surface area contributed by atoms with Crippen molar-refractivity contribution in [3.63, 3.8) is 0 Å². The van der Waals surface area contributed by atoms with Gasteiger partial charge in [-0.3, -0.25) is 9.59 Å². The number of ether oxygens (including phenoxy) is 3. The molecule has 2 aliphatic heterocycles. The van der Waals surface area contributed by atoms with Gasteiger partial charge in [0.2, 0.25) is 12.7 Å². The number of hydrogen-bond donors (Lipinski definition) is 1. The van der Waals surface area contributed by atoms with Crippen molar-refractivity contribution >= 4 is 35.5 Å². The first-order valence-corrected chi connectivity index (χ1v) is 8.86. The van der Waals surface area contributed by atoms with E-state index in [4.69, 9.17) is 31.5 Å². The fourth-order valence-electron chi connectivity index (χ4n) is 3.04. The van der Waals surface area contributed by atoms with Crippen LogP contribution < -0.4 is 15.2 Å². The van der Waals surface area contributed by atoms with Crippen molar-refractivity contribution in [1.82, 2.24) is 4.90 Å². The lowest BCUT2D eigenvalue weighted by Gasteiger charge is -2.33. The summed E-state index contributed by atoms with van der Waals surface area (Å²) in [6.45, 7) is 0.0690. The van der Waals surface area contributed by atoms with Crippen LogP contribution in [0.2, 0.25) is 5.02 Å². The van der Waals surface area contributed by atoms with Gasteiger partial charge in [-0.25, -0.2) is 4.79 Å². The Kier molecular flexibility index (Phi) is 5.85. The van der Waals surface area contributed by atoms with Gasteiger partial charge >= 0.3 is 5.97 Å². The fourth-order valence-corrected chi connectivity index (χ4v) is 3.31. The van der Waals surface area contributed by atoms with Gasteiger partial charge in [-0.15, -0.1) is 0 Å². The molecule has 1 fully saturated rings. The molecule has 0 spiro atoms. The Hall–Kier alpha value is -2.74. The van der Waals surface area contributed by atoms with Crippen LogP contribution in [0.4, 0.5) is 0 Å². The zero-order valence-electron chi connectivity index (χ0n) is 14.5. The summed E-state index contributed by atoms with van der Waals surface area (Å²) in [6, 6.07) is 2.65. The first-order valence-electron chi connectivity index (χ1n) is 8.48. The van der Waals surface area contributed by atoms with Crippen molar-refractivity contribution in [3.8, 4) is 11.5 Å². The topological polar surface area (TPSA) is 108 Å². The number of benzene rings is 1. The van der Waals surface area contributed by atoms with Crippen molar-refractivity contribution in [2.24, 2.45) is 5.73 Å². The summed E-state index contributed by atoms with van der Waals surface area (Å²) in [6.07, 6.45) is 4.82. The third kappa shape index (κ3) is 4.51. The molecule has 0 saturated carbocycles. The first kappa shape index (κ1) is 19.0. The van der Waals surface area contributed by atoms with Crippen molar-refractivity contribution < 1.29 is 28.6 Å². The Morgan fingerprint density at radius 3 is 2.89 bits per heavy atom. The average molecular weight is 395 g/mol. The van der Waals surface area contributed by atoms with E-state index < -0.39 is 30.4 Å². The molecule has 0 unspecified atom stereocenters. The first-order chi connectivity index (χ1) is 13.0. The lowest BCUT2D eigenvalue weighted by atomic mass is 10.0. The summed E-state index contributed by atoms with van der Waals surface area (Å²) in [4.78, 5) is 36.9. The molecule has 0 bridgehead atoms. The van der Waals surface area contributed by atoms with E-state index in [1.807, 2.05) is 0 Å². The molecular formula is C18H19ClN2O6. The Labute approximate surface area is 160 Å². The second-order valence-electron chi connectivity index (χ2n) is 6.18. The maximum absolute atomic E-state index is 12.2. The number of likely N-dealkylation sites (tertiary alicyclic amines) is 1. The molecule has 2 amide bonds. The number of esters is 1. The fraction of sp³-hybridized carbons (Fsp3) is 0.389. The number of halogens is 1. The summed E-state index contributed by atoms with van der Waals surface area (Å²) >= 11 is 6.08. The van der Waals surface area contributed by atoms with Gasteiger partial charge in [0.25, 0.3) is 5.91 Å². The molecular weight excluding hydrogens is 376 g/mol. The highest BCUT2D eigenvalue weighted by Gasteiger charge is 2.30. The largest absolute Gasteiger partial charge is 0.454 e. The number of piperidine rings is 1.